The van der Waals surface area contributed by atoms with E-state index in [0.717, 1.165) is 56.3 Å². The number of thiazole rings is 1. The number of para-hydroxylation sites is 1. The average Bonchev–Trinajstić information content (AvgIpc) is 3.31. The Morgan fingerprint density at radius 2 is 2.12 bits per heavy atom. The molecule has 2 aliphatic rings. The van der Waals surface area contributed by atoms with Crippen LogP contribution in [0.15, 0.2) is 24.3 Å². The quantitative estimate of drug-likeness (QED) is 0.817. The van der Waals surface area contributed by atoms with Gasteiger partial charge in [-0.15, -0.1) is 0 Å². The summed E-state index contributed by atoms with van der Waals surface area (Å²) in [6.07, 6.45) is 2.30. The lowest BCUT2D eigenvalue weighted by Gasteiger charge is -2.34. The Hall–Kier alpha value is -1.70. The molecule has 25 heavy (non-hydrogen) atoms. The van der Waals surface area contributed by atoms with Crippen molar-refractivity contribution >= 4 is 32.6 Å². The van der Waals surface area contributed by atoms with Crippen molar-refractivity contribution in [2.45, 2.75) is 18.9 Å². The number of piperazine rings is 1. The molecular formula is C18H23N3O3S. The van der Waals surface area contributed by atoms with Crippen LogP contribution in [0.25, 0.3) is 10.2 Å². The fourth-order valence-corrected chi connectivity index (χ4v) is 4.30. The van der Waals surface area contributed by atoms with Crippen LogP contribution in [0.2, 0.25) is 0 Å². The first-order valence-electron chi connectivity index (χ1n) is 8.87. The number of benzene rings is 1. The second kappa shape index (κ2) is 7.68. The van der Waals surface area contributed by atoms with E-state index in [0.29, 0.717) is 6.61 Å². The molecule has 0 bridgehead atoms. The van der Waals surface area contributed by atoms with Crippen molar-refractivity contribution < 1.29 is 14.3 Å². The summed E-state index contributed by atoms with van der Waals surface area (Å²) in [7, 11) is 0. The lowest BCUT2D eigenvalue weighted by Crippen LogP contribution is -2.49. The number of fused-ring (bicyclic) bond motifs is 1. The van der Waals surface area contributed by atoms with E-state index in [1.807, 2.05) is 23.1 Å². The molecule has 0 unspecified atom stereocenters. The number of nitrogens with zero attached hydrogens (tertiary/aromatic N) is 3. The van der Waals surface area contributed by atoms with Gasteiger partial charge in [0.1, 0.15) is 6.61 Å². The largest absolute Gasteiger partial charge is 0.376 e. The molecule has 134 valence electrons. The Kier molecular flexibility index (Phi) is 5.14. The number of amides is 1. The van der Waals surface area contributed by atoms with E-state index in [4.69, 9.17) is 14.5 Å². The number of carbonyl (C=O) groups is 1. The predicted molar refractivity (Wildman–Crippen MR) is 98.2 cm³/mol. The van der Waals surface area contributed by atoms with Crippen molar-refractivity contribution in [1.29, 1.82) is 0 Å². The molecule has 0 aliphatic carbocycles. The third-order valence-electron chi connectivity index (χ3n) is 4.74. The maximum Gasteiger partial charge on any atom is 0.248 e. The van der Waals surface area contributed by atoms with Gasteiger partial charge < -0.3 is 19.3 Å². The van der Waals surface area contributed by atoms with Gasteiger partial charge in [0.05, 0.1) is 22.9 Å². The fourth-order valence-electron chi connectivity index (χ4n) is 3.29. The van der Waals surface area contributed by atoms with Gasteiger partial charge in [0.2, 0.25) is 5.91 Å². The van der Waals surface area contributed by atoms with Crippen molar-refractivity contribution in [2.24, 2.45) is 0 Å². The van der Waals surface area contributed by atoms with E-state index in [9.17, 15) is 4.79 Å². The molecular weight excluding hydrogens is 338 g/mol. The van der Waals surface area contributed by atoms with E-state index in [1.54, 1.807) is 11.3 Å². The number of hydrogen-bond donors (Lipinski definition) is 0. The topological polar surface area (TPSA) is 54.9 Å². The molecule has 7 heteroatoms. The maximum atomic E-state index is 12.3. The van der Waals surface area contributed by atoms with Crippen LogP contribution >= 0.6 is 11.3 Å². The van der Waals surface area contributed by atoms with E-state index < -0.39 is 0 Å². The highest BCUT2D eigenvalue weighted by atomic mass is 32.1. The molecule has 4 rings (SSSR count). The van der Waals surface area contributed by atoms with Gasteiger partial charge in [-0.3, -0.25) is 4.79 Å². The summed E-state index contributed by atoms with van der Waals surface area (Å²) in [4.78, 5) is 21.1. The molecule has 2 saturated heterocycles. The van der Waals surface area contributed by atoms with Crippen LogP contribution < -0.4 is 4.90 Å². The molecule has 1 atom stereocenters. The second-order valence-corrected chi connectivity index (χ2v) is 7.49. The summed E-state index contributed by atoms with van der Waals surface area (Å²) in [5.41, 5.74) is 1.04. The van der Waals surface area contributed by atoms with Crippen LogP contribution in [0.5, 0.6) is 0 Å². The minimum atomic E-state index is 0.0712. The molecule has 6 nitrogen and oxygen atoms in total. The van der Waals surface area contributed by atoms with Crippen molar-refractivity contribution in [2.75, 3.05) is 50.9 Å². The highest BCUT2D eigenvalue weighted by Crippen LogP contribution is 2.29. The van der Waals surface area contributed by atoms with Gasteiger partial charge in [-0.05, 0) is 25.0 Å². The van der Waals surface area contributed by atoms with E-state index in [1.165, 1.54) is 4.70 Å². The Balaban J connectivity index is 1.25. The van der Waals surface area contributed by atoms with Crippen molar-refractivity contribution in [3.05, 3.63) is 24.3 Å². The van der Waals surface area contributed by atoms with Crippen molar-refractivity contribution in [3.8, 4) is 0 Å². The lowest BCUT2D eigenvalue weighted by atomic mass is 10.2. The number of ether oxygens (including phenoxy) is 2. The highest BCUT2D eigenvalue weighted by Gasteiger charge is 2.23. The normalized spacial score (nSPS) is 21.2. The van der Waals surface area contributed by atoms with Crippen LogP contribution in [0.1, 0.15) is 12.8 Å². The third-order valence-corrected chi connectivity index (χ3v) is 5.84. The summed E-state index contributed by atoms with van der Waals surface area (Å²) < 4.78 is 12.3. The summed E-state index contributed by atoms with van der Waals surface area (Å²) in [5, 5.41) is 1.04. The highest BCUT2D eigenvalue weighted by molar-refractivity contribution is 7.22. The van der Waals surface area contributed by atoms with Gasteiger partial charge in [0.25, 0.3) is 0 Å². The summed E-state index contributed by atoms with van der Waals surface area (Å²) in [6.45, 7) is 4.57. The molecule has 0 radical (unpaired) electrons. The lowest BCUT2D eigenvalue weighted by molar-refractivity contribution is -0.137. The zero-order valence-corrected chi connectivity index (χ0v) is 15.0. The smallest absolute Gasteiger partial charge is 0.248 e. The van der Waals surface area contributed by atoms with E-state index >= 15 is 0 Å². The van der Waals surface area contributed by atoms with Crippen LogP contribution in [0.4, 0.5) is 5.13 Å². The first kappa shape index (κ1) is 16.8. The fraction of sp³-hybridized carbons (Fsp3) is 0.556. The van der Waals surface area contributed by atoms with Gasteiger partial charge in [0.15, 0.2) is 5.13 Å². The number of carbonyl (C=O) groups excluding carboxylic acids is 1. The molecule has 2 aliphatic heterocycles. The van der Waals surface area contributed by atoms with Crippen LogP contribution in [-0.2, 0) is 14.3 Å². The monoisotopic (exact) mass is 361 g/mol. The Labute approximate surface area is 151 Å². The molecule has 1 aromatic heterocycles. The van der Waals surface area contributed by atoms with Crippen LogP contribution in [0, 0.1) is 0 Å². The van der Waals surface area contributed by atoms with Gasteiger partial charge in [-0.2, -0.15) is 0 Å². The minimum absolute atomic E-state index is 0.0712. The van der Waals surface area contributed by atoms with E-state index in [-0.39, 0.29) is 18.6 Å². The molecule has 2 aromatic rings. The minimum Gasteiger partial charge on any atom is -0.376 e. The molecule has 3 heterocycles. The number of anilines is 1. The zero-order chi connectivity index (χ0) is 17.1. The summed E-state index contributed by atoms with van der Waals surface area (Å²) in [5.74, 6) is 0.0712. The molecule has 0 saturated carbocycles. The van der Waals surface area contributed by atoms with E-state index in [2.05, 4.69) is 11.0 Å². The molecule has 0 N–H and O–H groups in total. The number of rotatable bonds is 5. The Morgan fingerprint density at radius 3 is 2.88 bits per heavy atom. The zero-order valence-electron chi connectivity index (χ0n) is 14.2. The second-order valence-electron chi connectivity index (χ2n) is 6.48. The van der Waals surface area contributed by atoms with Crippen LogP contribution in [0.3, 0.4) is 0 Å². The van der Waals surface area contributed by atoms with Gasteiger partial charge in [-0.25, -0.2) is 4.98 Å². The Bertz CT molecular complexity index is 688. The molecule has 2 fully saturated rings. The average molecular weight is 361 g/mol. The molecule has 1 aromatic carbocycles. The molecule has 1 amide bonds. The van der Waals surface area contributed by atoms with Gasteiger partial charge in [-0.1, -0.05) is 23.5 Å². The number of aromatic nitrogens is 1. The first-order chi connectivity index (χ1) is 12.3. The van der Waals surface area contributed by atoms with Gasteiger partial charge >= 0.3 is 0 Å². The summed E-state index contributed by atoms with van der Waals surface area (Å²) in [6, 6.07) is 8.19. The van der Waals surface area contributed by atoms with Crippen molar-refractivity contribution in [3.63, 3.8) is 0 Å². The van der Waals surface area contributed by atoms with Crippen LogP contribution in [-0.4, -0.2) is 67.9 Å². The molecule has 0 spiro atoms. The van der Waals surface area contributed by atoms with Gasteiger partial charge in [0, 0.05) is 32.8 Å². The predicted octanol–water partition coefficient (Wildman–Crippen LogP) is 2.14. The maximum absolute atomic E-state index is 12.3. The Morgan fingerprint density at radius 1 is 1.28 bits per heavy atom. The number of hydrogen-bond acceptors (Lipinski definition) is 6. The van der Waals surface area contributed by atoms with Crippen molar-refractivity contribution in [1.82, 2.24) is 9.88 Å². The third kappa shape index (κ3) is 3.94. The standard InChI is InChI=1S/C18H23N3O3S/c22-17(13-23-12-14-4-3-11-24-14)20-7-9-21(10-8-20)18-19-15-5-1-2-6-16(15)25-18/h1-2,5-6,14H,3-4,7-13H2/t14-/m0/s1. The SMILES string of the molecule is O=C(COC[C@@H]1CCCO1)N1CCN(c2nc3ccccc3s2)CC1. The first-order valence-corrected chi connectivity index (χ1v) is 9.69. The summed E-state index contributed by atoms with van der Waals surface area (Å²) >= 11 is 1.71.